The smallest absolute Gasteiger partial charge is 0.274 e. The molecule has 0 atom stereocenters. The molecular weight excluding hydrogens is 387 g/mol. The lowest BCUT2D eigenvalue weighted by molar-refractivity contribution is -0.132. The van der Waals surface area contributed by atoms with E-state index in [1.807, 2.05) is 25.1 Å². The summed E-state index contributed by atoms with van der Waals surface area (Å²) in [5, 5.41) is 5.08. The molecule has 0 aliphatic carbocycles. The number of aromatic nitrogens is 3. The van der Waals surface area contributed by atoms with E-state index in [-0.39, 0.29) is 18.3 Å². The molecule has 1 amide bonds. The van der Waals surface area contributed by atoms with Crippen molar-refractivity contribution in [1.29, 1.82) is 0 Å². The Kier molecular flexibility index (Phi) is 5.47. The number of rotatable bonds is 7. The Morgan fingerprint density at radius 2 is 2.00 bits per heavy atom. The summed E-state index contributed by atoms with van der Waals surface area (Å²) >= 11 is 0. The van der Waals surface area contributed by atoms with Crippen LogP contribution in [0.4, 0.5) is 4.39 Å². The molecule has 2 heterocycles. The van der Waals surface area contributed by atoms with Gasteiger partial charge in [-0.3, -0.25) is 4.79 Å². The Morgan fingerprint density at radius 3 is 2.80 bits per heavy atom. The lowest BCUT2D eigenvalue weighted by atomic mass is 10.2. The fourth-order valence-corrected chi connectivity index (χ4v) is 3.01. The number of nitrogens with one attached hydrogen (secondary N) is 1. The number of benzene rings is 2. The van der Waals surface area contributed by atoms with Crippen LogP contribution < -0.4 is 4.74 Å². The molecule has 0 radical (unpaired) electrons. The molecule has 8 heteroatoms. The number of H-pyrrole nitrogens is 1. The number of aromatic amines is 1. The molecule has 0 saturated carbocycles. The van der Waals surface area contributed by atoms with Gasteiger partial charge in [0.25, 0.3) is 11.8 Å². The summed E-state index contributed by atoms with van der Waals surface area (Å²) in [5.74, 6) is 0.808. The highest BCUT2D eigenvalue weighted by atomic mass is 19.1. The molecule has 0 saturated heterocycles. The number of hydrogen-bond acceptors (Lipinski definition) is 5. The van der Waals surface area contributed by atoms with Gasteiger partial charge in [0.1, 0.15) is 17.3 Å². The number of aryl methyl sites for hydroxylation is 1. The van der Waals surface area contributed by atoms with E-state index >= 15 is 0 Å². The van der Waals surface area contributed by atoms with Gasteiger partial charge in [-0.15, -0.1) is 0 Å². The highest BCUT2D eigenvalue weighted by Gasteiger charge is 2.14. The maximum absolute atomic E-state index is 12.9. The zero-order valence-corrected chi connectivity index (χ0v) is 16.7. The average molecular weight is 408 g/mol. The minimum atomic E-state index is -0.354. The topological polar surface area (TPSA) is 84.2 Å². The molecule has 0 aliphatic heterocycles. The van der Waals surface area contributed by atoms with E-state index in [2.05, 4.69) is 21.2 Å². The Labute approximate surface area is 172 Å². The van der Waals surface area contributed by atoms with Gasteiger partial charge in [0.2, 0.25) is 0 Å². The fourth-order valence-electron chi connectivity index (χ4n) is 3.01. The van der Waals surface area contributed by atoms with Gasteiger partial charge in [-0.2, -0.15) is 4.98 Å². The summed E-state index contributed by atoms with van der Waals surface area (Å²) in [4.78, 5) is 21.4. The van der Waals surface area contributed by atoms with Gasteiger partial charge in [0.05, 0.1) is 0 Å². The molecule has 4 rings (SSSR count). The SMILES string of the molecule is Cc1ccc2[nH]c(-c3nc(CCN(C)C(=O)COc4ccc(F)cc4)no3)cc2c1. The van der Waals surface area contributed by atoms with Gasteiger partial charge in [0, 0.05) is 30.9 Å². The molecule has 4 aromatic rings. The summed E-state index contributed by atoms with van der Waals surface area (Å²) in [6, 6.07) is 13.6. The molecule has 0 unspecified atom stereocenters. The number of fused-ring (bicyclic) bond motifs is 1. The number of hydrogen-bond donors (Lipinski definition) is 1. The lowest BCUT2D eigenvalue weighted by Gasteiger charge is -2.16. The molecular formula is C22H21FN4O3. The van der Waals surface area contributed by atoms with Crippen LogP contribution in [-0.4, -0.2) is 46.1 Å². The lowest BCUT2D eigenvalue weighted by Crippen LogP contribution is -2.33. The zero-order chi connectivity index (χ0) is 21.1. The molecule has 0 fully saturated rings. The average Bonchev–Trinajstić information content (AvgIpc) is 3.37. The van der Waals surface area contributed by atoms with E-state index in [0.29, 0.717) is 30.4 Å². The molecule has 154 valence electrons. The van der Waals surface area contributed by atoms with Gasteiger partial charge >= 0.3 is 0 Å². The number of halogens is 1. The highest BCUT2D eigenvalue weighted by Crippen LogP contribution is 2.23. The Hall–Kier alpha value is -3.68. The second-order valence-electron chi connectivity index (χ2n) is 7.10. The van der Waals surface area contributed by atoms with Gasteiger partial charge in [-0.05, 0) is 49.4 Å². The van der Waals surface area contributed by atoms with Gasteiger partial charge < -0.3 is 19.1 Å². The van der Waals surface area contributed by atoms with Crippen LogP contribution in [-0.2, 0) is 11.2 Å². The minimum absolute atomic E-state index is 0.131. The van der Waals surface area contributed by atoms with E-state index in [4.69, 9.17) is 9.26 Å². The quantitative estimate of drug-likeness (QED) is 0.504. The molecule has 30 heavy (non-hydrogen) atoms. The Balaban J connectivity index is 1.31. The number of nitrogens with zero attached hydrogens (tertiary/aromatic N) is 3. The largest absolute Gasteiger partial charge is 0.484 e. The predicted octanol–water partition coefficient (Wildman–Crippen LogP) is 3.75. The summed E-state index contributed by atoms with van der Waals surface area (Å²) in [6.07, 6.45) is 0.446. The van der Waals surface area contributed by atoms with Crippen LogP contribution in [0.15, 0.2) is 53.1 Å². The van der Waals surface area contributed by atoms with Crippen molar-refractivity contribution >= 4 is 16.8 Å². The van der Waals surface area contributed by atoms with E-state index in [9.17, 15) is 9.18 Å². The molecule has 1 N–H and O–H groups in total. The van der Waals surface area contributed by atoms with Crippen molar-refractivity contribution in [3.8, 4) is 17.3 Å². The first kappa shape index (κ1) is 19.6. The maximum atomic E-state index is 12.9. The van der Waals surface area contributed by atoms with Crippen LogP contribution in [0.3, 0.4) is 0 Å². The van der Waals surface area contributed by atoms with Gasteiger partial charge in [0.15, 0.2) is 12.4 Å². The second kappa shape index (κ2) is 8.36. The second-order valence-corrected chi connectivity index (χ2v) is 7.10. The van der Waals surface area contributed by atoms with Crippen LogP contribution in [0.5, 0.6) is 5.75 Å². The van der Waals surface area contributed by atoms with Crippen molar-refractivity contribution in [2.75, 3.05) is 20.2 Å². The number of amides is 1. The van der Waals surface area contributed by atoms with Crippen molar-refractivity contribution in [3.05, 3.63) is 65.7 Å². The van der Waals surface area contributed by atoms with Crippen molar-refractivity contribution in [1.82, 2.24) is 20.0 Å². The summed E-state index contributed by atoms with van der Waals surface area (Å²) in [5.41, 5.74) is 2.93. The summed E-state index contributed by atoms with van der Waals surface area (Å²) < 4.78 is 23.7. The summed E-state index contributed by atoms with van der Waals surface area (Å²) in [7, 11) is 1.68. The van der Waals surface area contributed by atoms with Crippen molar-refractivity contribution in [2.45, 2.75) is 13.3 Å². The molecule has 0 bridgehead atoms. The minimum Gasteiger partial charge on any atom is -0.484 e. The van der Waals surface area contributed by atoms with Gasteiger partial charge in [-0.1, -0.05) is 16.8 Å². The Morgan fingerprint density at radius 1 is 1.20 bits per heavy atom. The standard InChI is InChI=1S/C22H21FN4O3/c1-14-3-8-18-15(11-14)12-19(24-18)22-25-20(26-30-22)9-10-27(2)21(28)13-29-17-6-4-16(23)5-7-17/h3-8,11-12,24H,9-10,13H2,1-2H3. The Bertz CT molecular complexity index is 1170. The normalized spacial score (nSPS) is 11.0. The van der Waals surface area contributed by atoms with E-state index < -0.39 is 0 Å². The van der Waals surface area contributed by atoms with Crippen molar-refractivity contribution in [3.63, 3.8) is 0 Å². The van der Waals surface area contributed by atoms with E-state index in [1.165, 1.54) is 34.7 Å². The number of ether oxygens (including phenoxy) is 1. The zero-order valence-electron chi connectivity index (χ0n) is 16.7. The number of carbonyl (C=O) groups excluding carboxylic acids is 1. The monoisotopic (exact) mass is 408 g/mol. The maximum Gasteiger partial charge on any atom is 0.274 e. The summed E-state index contributed by atoms with van der Waals surface area (Å²) in [6.45, 7) is 2.32. The van der Waals surface area contributed by atoms with Crippen LogP contribution in [0.1, 0.15) is 11.4 Å². The van der Waals surface area contributed by atoms with Crippen molar-refractivity contribution < 1.29 is 18.4 Å². The molecule has 0 spiro atoms. The third-order valence-electron chi connectivity index (χ3n) is 4.75. The van der Waals surface area contributed by atoms with Crippen LogP contribution in [0.25, 0.3) is 22.5 Å². The van der Waals surface area contributed by atoms with E-state index in [1.54, 1.807) is 7.05 Å². The van der Waals surface area contributed by atoms with Crippen LogP contribution in [0, 0.1) is 12.7 Å². The first-order valence-corrected chi connectivity index (χ1v) is 9.52. The van der Waals surface area contributed by atoms with Crippen molar-refractivity contribution in [2.24, 2.45) is 0 Å². The third kappa shape index (κ3) is 4.48. The number of carbonyl (C=O) groups is 1. The van der Waals surface area contributed by atoms with Crippen LogP contribution >= 0.6 is 0 Å². The highest BCUT2D eigenvalue weighted by molar-refractivity contribution is 5.85. The van der Waals surface area contributed by atoms with E-state index in [0.717, 1.165) is 16.6 Å². The third-order valence-corrected chi connectivity index (χ3v) is 4.75. The molecule has 2 aromatic heterocycles. The molecule has 0 aliphatic rings. The number of likely N-dealkylation sites (N-methyl/N-ethyl adjacent to an activating group) is 1. The molecule has 7 nitrogen and oxygen atoms in total. The first-order valence-electron chi connectivity index (χ1n) is 9.52. The van der Waals surface area contributed by atoms with Gasteiger partial charge in [-0.25, -0.2) is 4.39 Å². The first-order chi connectivity index (χ1) is 14.5. The fraction of sp³-hybridized carbons (Fsp3) is 0.227. The van der Waals surface area contributed by atoms with Crippen LogP contribution in [0.2, 0.25) is 0 Å². The predicted molar refractivity (Wildman–Crippen MR) is 110 cm³/mol. The molecule has 2 aromatic carbocycles.